The lowest BCUT2D eigenvalue weighted by molar-refractivity contribution is -0.131. The third-order valence-electron chi connectivity index (χ3n) is 7.05. The van der Waals surface area contributed by atoms with Crippen molar-refractivity contribution >= 4 is 23.1 Å². The van der Waals surface area contributed by atoms with Crippen molar-refractivity contribution in [3.05, 3.63) is 41.2 Å². The lowest BCUT2D eigenvalue weighted by Gasteiger charge is -2.25. The first-order valence-electron chi connectivity index (χ1n) is 14.0. The first-order valence-corrected chi connectivity index (χ1v) is 14.0. The quantitative estimate of drug-likeness (QED) is 0.167. The second-order valence-electron chi connectivity index (χ2n) is 10.9. The van der Waals surface area contributed by atoms with Crippen LogP contribution in [0.25, 0.3) is 0 Å². The molecule has 1 aliphatic rings. The molecule has 0 radical (unpaired) electrons. The van der Waals surface area contributed by atoms with E-state index in [1.54, 1.807) is 13.0 Å². The molecule has 216 valence electrons. The van der Waals surface area contributed by atoms with Crippen LogP contribution >= 0.6 is 0 Å². The van der Waals surface area contributed by atoms with Gasteiger partial charge in [-0.05, 0) is 82.9 Å². The summed E-state index contributed by atoms with van der Waals surface area (Å²) >= 11 is 0. The Bertz CT molecular complexity index is 1060. The molecule has 4 atom stereocenters. The summed E-state index contributed by atoms with van der Waals surface area (Å²) < 4.78 is 19.2. The number of oxime groups is 1. The fourth-order valence-corrected chi connectivity index (χ4v) is 4.95. The SMILES string of the molecule is CCCC(=O)C[C@@H](C)CC[C@H]1C(=O)CCC(CC(O)c2cc(F)ccc2OC)/C=C(/C(C)=N/OC(C)C)C1=O. The summed E-state index contributed by atoms with van der Waals surface area (Å²) in [6.07, 6.45) is 4.02. The van der Waals surface area contributed by atoms with Crippen molar-refractivity contribution in [3.63, 3.8) is 0 Å². The summed E-state index contributed by atoms with van der Waals surface area (Å²) in [4.78, 5) is 44.5. The number of allylic oxidation sites excluding steroid dienone is 2. The van der Waals surface area contributed by atoms with E-state index >= 15 is 0 Å². The number of carbonyl (C=O) groups is 3. The van der Waals surface area contributed by atoms with Gasteiger partial charge in [0.15, 0.2) is 5.78 Å². The third-order valence-corrected chi connectivity index (χ3v) is 7.05. The maximum Gasteiger partial charge on any atom is 0.174 e. The highest BCUT2D eigenvalue weighted by atomic mass is 19.1. The molecule has 0 saturated carbocycles. The third kappa shape index (κ3) is 9.99. The predicted octanol–water partition coefficient (Wildman–Crippen LogP) is 6.33. The van der Waals surface area contributed by atoms with Crippen molar-refractivity contribution in [1.82, 2.24) is 0 Å². The van der Waals surface area contributed by atoms with Crippen molar-refractivity contribution in [2.24, 2.45) is 22.9 Å². The number of Topliss-reactive ketones (excluding diaryl/α,β-unsaturated/α-hetero) is 3. The lowest BCUT2D eigenvalue weighted by atomic mass is 9.78. The molecule has 39 heavy (non-hydrogen) atoms. The highest BCUT2D eigenvalue weighted by molar-refractivity contribution is 6.26. The van der Waals surface area contributed by atoms with E-state index in [2.05, 4.69) is 5.16 Å². The molecule has 8 heteroatoms. The van der Waals surface area contributed by atoms with E-state index in [4.69, 9.17) is 9.57 Å². The van der Waals surface area contributed by atoms with Gasteiger partial charge in [-0.25, -0.2) is 4.39 Å². The largest absolute Gasteiger partial charge is 0.496 e. The average molecular weight is 546 g/mol. The van der Waals surface area contributed by atoms with Crippen molar-refractivity contribution < 1.29 is 33.5 Å². The standard InChI is InChI=1S/C31H44FNO6/c1-7-8-24(34)15-20(4)9-12-25-28(35)13-10-22(16-26(31(25)37)21(5)33-39-19(2)3)17-29(36)27-18-23(32)11-14-30(27)38-6/h11,14,16,18-20,22,25,29,36H,7-10,12-13,15,17H2,1-6H3/b26-16-,33-21+/t20-,22?,25-,29?/m0/s1. The first kappa shape index (κ1) is 32.3. The molecule has 0 amide bonds. The molecule has 0 aliphatic heterocycles. The van der Waals surface area contributed by atoms with Crippen molar-refractivity contribution in [2.75, 3.05) is 7.11 Å². The van der Waals surface area contributed by atoms with Gasteiger partial charge < -0.3 is 14.7 Å². The van der Waals surface area contributed by atoms with E-state index < -0.39 is 17.8 Å². The summed E-state index contributed by atoms with van der Waals surface area (Å²) in [7, 11) is 1.45. The van der Waals surface area contributed by atoms with Gasteiger partial charge in [-0.2, -0.15) is 0 Å². The predicted molar refractivity (Wildman–Crippen MR) is 149 cm³/mol. The van der Waals surface area contributed by atoms with E-state index in [1.807, 2.05) is 27.7 Å². The van der Waals surface area contributed by atoms with E-state index in [0.717, 1.165) is 6.42 Å². The van der Waals surface area contributed by atoms with E-state index in [9.17, 15) is 23.9 Å². The van der Waals surface area contributed by atoms with Gasteiger partial charge in [-0.3, -0.25) is 14.4 Å². The molecule has 1 N–H and O–H groups in total. The molecule has 0 spiro atoms. The molecule has 2 unspecified atom stereocenters. The second kappa shape index (κ2) is 15.7. The summed E-state index contributed by atoms with van der Waals surface area (Å²) in [6.45, 7) is 9.26. The monoisotopic (exact) mass is 545 g/mol. The number of hydrogen-bond acceptors (Lipinski definition) is 7. The molecule has 1 aromatic rings. The molecule has 7 nitrogen and oxygen atoms in total. The first-order chi connectivity index (χ1) is 18.5. The molecule has 0 saturated heterocycles. The van der Waals surface area contributed by atoms with Crippen molar-refractivity contribution in [3.8, 4) is 5.75 Å². The summed E-state index contributed by atoms with van der Waals surface area (Å²) in [5, 5.41) is 15.1. The Hall–Kier alpha value is -2.87. The normalized spacial score (nSPS) is 21.6. The smallest absolute Gasteiger partial charge is 0.174 e. The number of ether oxygens (including phenoxy) is 1. The van der Waals surface area contributed by atoms with Crippen LogP contribution in [-0.2, 0) is 19.2 Å². The number of methoxy groups -OCH3 is 1. The van der Waals surface area contributed by atoms with E-state index in [1.165, 1.54) is 25.3 Å². The number of ketones is 3. The average Bonchev–Trinajstić information content (AvgIpc) is 2.87. The molecule has 0 heterocycles. The van der Waals surface area contributed by atoms with Crippen LogP contribution in [0, 0.1) is 23.6 Å². The Labute approximate surface area is 231 Å². The van der Waals surface area contributed by atoms with Gasteiger partial charge in [-0.1, -0.05) is 25.1 Å². The van der Waals surface area contributed by atoms with Gasteiger partial charge in [0.05, 0.1) is 24.8 Å². The minimum Gasteiger partial charge on any atom is -0.496 e. The Kier molecular flexibility index (Phi) is 13.0. The van der Waals surface area contributed by atoms with Crippen LogP contribution in [0.2, 0.25) is 0 Å². The number of rotatable bonds is 14. The molecule has 0 fully saturated rings. The minimum absolute atomic E-state index is 0.0747. The molecule has 1 aliphatic carbocycles. The van der Waals surface area contributed by atoms with Crippen LogP contribution in [0.3, 0.4) is 0 Å². The molecular weight excluding hydrogens is 501 g/mol. The summed E-state index contributed by atoms with van der Waals surface area (Å²) in [6, 6.07) is 3.95. The minimum atomic E-state index is -1.07. The van der Waals surface area contributed by atoms with E-state index in [0.29, 0.717) is 54.7 Å². The zero-order valence-corrected chi connectivity index (χ0v) is 24.2. The number of aliphatic hydroxyl groups excluding tert-OH is 1. The second-order valence-corrected chi connectivity index (χ2v) is 10.9. The molecule has 0 bridgehead atoms. The highest BCUT2D eigenvalue weighted by Gasteiger charge is 2.34. The Morgan fingerprint density at radius 2 is 1.95 bits per heavy atom. The van der Waals surface area contributed by atoms with Crippen molar-refractivity contribution in [1.29, 1.82) is 0 Å². The summed E-state index contributed by atoms with van der Waals surface area (Å²) in [5.74, 6) is -1.49. The number of carbonyl (C=O) groups excluding carboxylic acids is 3. The number of hydrogen-bond donors (Lipinski definition) is 1. The maximum absolute atomic E-state index is 13.9. The zero-order chi connectivity index (χ0) is 29.1. The van der Waals surface area contributed by atoms with Gasteiger partial charge in [0.25, 0.3) is 0 Å². The van der Waals surface area contributed by atoms with E-state index in [-0.39, 0.29) is 48.1 Å². The lowest BCUT2D eigenvalue weighted by Crippen LogP contribution is -2.31. The van der Waals surface area contributed by atoms with Crippen LogP contribution in [0.1, 0.15) is 97.7 Å². The topological polar surface area (TPSA) is 102 Å². The molecule has 2 rings (SSSR count). The number of halogens is 1. The summed E-state index contributed by atoms with van der Waals surface area (Å²) in [5.41, 5.74) is 0.972. The maximum atomic E-state index is 13.9. The van der Waals surface area contributed by atoms with Crippen LogP contribution < -0.4 is 4.74 Å². The van der Waals surface area contributed by atoms with Gasteiger partial charge in [0, 0.05) is 30.4 Å². The highest BCUT2D eigenvalue weighted by Crippen LogP contribution is 2.34. The van der Waals surface area contributed by atoms with Crippen LogP contribution in [0.4, 0.5) is 4.39 Å². The fraction of sp³-hybridized carbons (Fsp3) is 0.613. The van der Waals surface area contributed by atoms with Crippen LogP contribution in [-0.4, -0.2) is 41.4 Å². The molecular formula is C31H44FNO6. The Morgan fingerprint density at radius 3 is 2.59 bits per heavy atom. The Balaban J connectivity index is 2.33. The fourth-order valence-electron chi connectivity index (χ4n) is 4.95. The molecule has 1 aromatic carbocycles. The van der Waals surface area contributed by atoms with Gasteiger partial charge in [0.2, 0.25) is 0 Å². The molecule has 0 aromatic heterocycles. The zero-order valence-electron chi connectivity index (χ0n) is 24.2. The Morgan fingerprint density at radius 1 is 1.23 bits per heavy atom. The number of benzene rings is 1. The van der Waals surface area contributed by atoms with Crippen molar-refractivity contribution in [2.45, 2.75) is 98.2 Å². The van der Waals surface area contributed by atoms with Gasteiger partial charge in [-0.15, -0.1) is 0 Å². The van der Waals surface area contributed by atoms with Crippen LogP contribution in [0.15, 0.2) is 35.0 Å². The van der Waals surface area contributed by atoms with Gasteiger partial charge >= 0.3 is 0 Å². The van der Waals surface area contributed by atoms with Gasteiger partial charge in [0.1, 0.15) is 29.2 Å². The number of aliphatic hydroxyl groups is 1. The number of nitrogens with zero attached hydrogens (tertiary/aromatic N) is 1. The van der Waals surface area contributed by atoms with Crippen LogP contribution in [0.5, 0.6) is 5.75 Å².